The van der Waals surface area contributed by atoms with Crippen LogP contribution in [0, 0.1) is 0 Å². The minimum absolute atomic E-state index is 0. The molecule has 0 aromatic rings. The van der Waals surface area contributed by atoms with Crippen LogP contribution in [0.2, 0.25) is 0 Å². The molecule has 0 rings (SSSR count). The van der Waals surface area contributed by atoms with E-state index < -0.39 is 0 Å². The molecule has 0 bridgehead atoms. The van der Waals surface area contributed by atoms with E-state index in [0.717, 1.165) is 7.11 Å². The Kier molecular flexibility index (Phi) is 207. The number of aliphatic hydroxyl groups is 1. The van der Waals surface area contributed by atoms with Crippen molar-refractivity contribution in [2.45, 2.75) is 0 Å². The molecule has 0 heterocycles. The third kappa shape index (κ3) is 36.8. The van der Waals surface area contributed by atoms with Crippen molar-refractivity contribution in [1.29, 1.82) is 0 Å². The van der Waals surface area contributed by atoms with Gasteiger partial charge in [-0.3, -0.25) is 0 Å². The van der Waals surface area contributed by atoms with Crippen LogP contribution in [-0.4, -0.2) is 41.1 Å². The molecular weight excluding hydrogens is 144 g/mol. The SMILES string of the molecule is CBr.CO.[H-].[H-].[Mg+2]. The van der Waals surface area contributed by atoms with Crippen molar-refractivity contribution in [1.82, 2.24) is 0 Å². The number of rotatable bonds is 0. The summed E-state index contributed by atoms with van der Waals surface area (Å²) in [6.45, 7) is 0. The molecule has 0 spiro atoms. The van der Waals surface area contributed by atoms with Gasteiger partial charge < -0.3 is 7.96 Å². The van der Waals surface area contributed by atoms with Gasteiger partial charge in [0.15, 0.2) is 0 Å². The van der Waals surface area contributed by atoms with E-state index in [9.17, 15) is 0 Å². The molecule has 0 radical (unpaired) electrons. The van der Waals surface area contributed by atoms with Crippen molar-refractivity contribution < 1.29 is 7.96 Å². The molecule has 0 saturated carbocycles. The van der Waals surface area contributed by atoms with Gasteiger partial charge in [0.2, 0.25) is 0 Å². The van der Waals surface area contributed by atoms with Crippen LogP contribution in [0.25, 0.3) is 0 Å². The van der Waals surface area contributed by atoms with Gasteiger partial charge in [-0.25, -0.2) is 0 Å². The predicted octanol–water partition coefficient (Wildman–Crippen LogP) is 0.464. The number of hydrogen-bond donors (Lipinski definition) is 1. The van der Waals surface area contributed by atoms with Crippen molar-refractivity contribution >= 4 is 39.0 Å². The Balaban J connectivity index is -0.00000000267. The van der Waals surface area contributed by atoms with Gasteiger partial charge in [0.05, 0.1) is 0 Å². The Labute approximate surface area is 60.0 Å². The van der Waals surface area contributed by atoms with Crippen molar-refractivity contribution in [2.24, 2.45) is 0 Å². The van der Waals surface area contributed by atoms with Crippen LogP contribution < -0.4 is 0 Å². The maximum Gasteiger partial charge on any atom is 2.00 e. The van der Waals surface area contributed by atoms with E-state index >= 15 is 0 Å². The molecule has 0 unspecified atom stereocenters. The molecule has 0 aromatic heterocycles. The Bertz CT molecular complexity index is 15.7. The first kappa shape index (κ1) is 16.4. The summed E-state index contributed by atoms with van der Waals surface area (Å²) >= 11 is 2.94. The van der Waals surface area contributed by atoms with Gasteiger partial charge in [-0.05, 0) is 5.83 Å². The molecule has 1 N–H and O–H groups in total. The van der Waals surface area contributed by atoms with Crippen LogP contribution in [0.4, 0.5) is 0 Å². The van der Waals surface area contributed by atoms with Gasteiger partial charge in [0.25, 0.3) is 0 Å². The minimum Gasteiger partial charge on any atom is -1.00 e. The van der Waals surface area contributed by atoms with E-state index in [1.165, 1.54) is 0 Å². The largest absolute Gasteiger partial charge is 2.00 e. The standard InChI is InChI=1S/CH3Br.CH4O.Mg.2H/c2*1-2;;;/h1H3;2H,1H3;;;/q;;+2;2*-1. The predicted molar refractivity (Wildman–Crippen MR) is 31.0 cm³/mol. The number of hydrogen-bond acceptors (Lipinski definition) is 1. The molecule has 0 aliphatic heterocycles. The summed E-state index contributed by atoms with van der Waals surface area (Å²) in [6.07, 6.45) is 0. The summed E-state index contributed by atoms with van der Waals surface area (Å²) in [6, 6.07) is 0. The van der Waals surface area contributed by atoms with Crippen molar-refractivity contribution in [3.05, 3.63) is 0 Å². The molecule has 0 amide bonds. The fourth-order valence-electron chi connectivity index (χ4n) is 0. The van der Waals surface area contributed by atoms with Gasteiger partial charge >= 0.3 is 23.1 Å². The topological polar surface area (TPSA) is 20.2 Å². The average molecular weight is 153 g/mol. The Hall–Kier alpha value is 1.21. The summed E-state index contributed by atoms with van der Waals surface area (Å²) in [5, 5.41) is 7.00. The van der Waals surface area contributed by atoms with Crippen molar-refractivity contribution in [3.8, 4) is 0 Å². The summed E-state index contributed by atoms with van der Waals surface area (Å²) in [5.74, 6) is 1.81. The molecule has 0 aliphatic rings. The summed E-state index contributed by atoms with van der Waals surface area (Å²) in [5.41, 5.74) is 0. The first-order valence-corrected chi connectivity index (χ1v) is 2.41. The number of halogens is 1. The quantitative estimate of drug-likeness (QED) is 0.396. The summed E-state index contributed by atoms with van der Waals surface area (Å²) < 4.78 is 0. The molecule has 3 heteroatoms. The van der Waals surface area contributed by atoms with Gasteiger partial charge in [-0.2, -0.15) is 0 Å². The third-order valence-electron chi connectivity index (χ3n) is 0. The van der Waals surface area contributed by atoms with Crippen LogP contribution >= 0.6 is 15.9 Å². The second-order valence-electron chi connectivity index (χ2n) is 0. The average Bonchev–Trinajstić information content (AvgIpc) is 1.50. The van der Waals surface area contributed by atoms with Crippen LogP contribution in [0.15, 0.2) is 0 Å². The summed E-state index contributed by atoms with van der Waals surface area (Å²) in [7, 11) is 1.00. The number of alkyl halides is 1. The Morgan fingerprint density at radius 1 is 1.40 bits per heavy atom. The maximum absolute atomic E-state index is 7.00. The zero-order valence-electron chi connectivity index (χ0n) is 5.53. The Morgan fingerprint density at radius 3 is 1.40 bits per heavy atom. The van der Waals surface area contributed by atoms with E-state index in [0.29, 0.717) is 0 Å². The molecule has 0 saturated heterocycles. The van der Waals surface area contributed by atoms with Gasteiger partial charge in [0, 0.05) is 7.11 Å². The fourth-order valence-corrected chi connectivity index (χ4v) is 0. The van der Waals surface area contributed by atoms with Crippen molar-refractivity contribution in [2.75, 3.05) is 12.9 Å². The maximum atomic E-state index is 7.00. The van der Waals surface area contributed by atoms with E-state index in [4.69, 9.17) is 5.11 Å². The van der Waals surface area contributed by atoms with Crippen LogP contribution in [-0.2, 0) is 0 Å². The van der Waals surface area contributed by atoms with Crippen LogP contribution in [0.5, 0.6) is 0 Å². The van der Waals surface area contributed by atoms with E-state index in [2.05, 4.69) is 15.9 Å². The first-order chi connectivity index (χ1) is 2.00. The van der Waals surface area contributed by atoms with Crippen LogP contribution in [0.3, 0.4) is 0 Å². The smallest absolute Gasteiger partial charge is 1.00 e. The molecule has 0 atom stereocenters. The molecular formula is C2H9BrMgO. The molecule has 1 nitrogen and oxygen atoms in total. The minimum atomic E-state index is 0. The molecule has 5 heavy (non-hydrogen) atoms. The molecule has 0 aliphatic carbocycles. The molecule has 0 fully saturated rings. The zero-order valence-corrected chi connectivity index (χ0v) is 6.53. The fraction of sp³-hybridized carbons (Fsp3) is 1.00. The van der Waals surface area contributed by atoms with Gasteiger partial charge in [-0.1, -0.05) is 15.9 Å². The van der Waals surface area contributed by atoms with E-state index in [-0.39, 0.29) is 25.9 Å². The molecule has 32 valence electrons. The normalized spacial score (nSPS) is 2.40. The second-order valence-corrected chi connectivity index (χ2v) is 0. The van der Waals surface area contributed by atoms with E-state index in [1.807, 2.05) is 5.83 Å². The summed E-state index contributed by atoms with van der Waals surface area (Å²) in [4.78, 5) is 0. The zero-order chi connectivity index (χ0) is 4.00. The van der Waals surface area contributed by atoms with Gasteiger partial charge in [0.1, 0.15) is 0 Å². The van der Waals surface area contributed by atoms with E-state index in [1.54, 1.807) is 0 Å². The Morgan fingerprint density at radius 2 is 1.40 bits per heavy atom. The first-order valence-electron chi connectivity index (χ1n) is 0.825. The van der Waals surface area contributed by atoms with Gasteiger partial charge in [-0.15, -0.1) is 0 Å². The molecule has 0 aromatic carbocycles. The second kappa shape index (κ2) is 63.3. The van der Waals surface area contributed by atoms with Crippen molar-refractivity contribution in [3.63, 3.8) is 0 Å². The number of aliphatic hydroxyl groups excluding tert-OH is 1. The van der Waals surface area contributed by atoms with Crippen LogP contribution in [0.1, 0.15) is 2.85 Å². The third-order valence-corrected chi connectivity index (χ3v) is 0. The monoisotopic (exact) mass is 152 g/mol.